The predicted octanol–water partition coefficient (Wildman–Crippen LogP) is 4.50. The zero-order chi connectivity index (χ0) is 21.4. The predicted molar refractivity (Wildman–Crippen MR) is 127 cm³/mol. The maximum Gasteiger partial charge on any atom is 0.130 e. The van der Waals surface area contributed by atoms with Crippen molar-refractivity contribution in [2.45, 2.75) is 61.3 Å². The number of aliphatic hydroxyl groups is 1. The van der Waals surface area contributed by atoms with E-state index >= 15 is 0 Å². The van der Waals surface area contributed by atoms with Crippen LogP contribution in [0, 0.1) is 0 Å². The first kappa shape index (κ1) is 21.2. The van der Waals surface area contributed by atoms with Gasteiger partial charge < -0.3 is 15.3 Å². The van der Waals surface area contributed by atoms with Crippen LogP contribution in [-0.4, -0.2) is 45.3 Å². The van der Waals surface area contributed by atoms with Crippen LogP contribution in [-0.2, 0) is 17.2 Å². The molecular formula is C24H30ClN3O2S. The second-order valence-corrected chi connectivity index (χ2v) is 11.1. The van der Waals surface area contributed by atoms with Gasteiger partial charge in [-0.05, 0) is 62.1 Å². The lowest BCUT2D eigenvalue weighted by molar-refractivity contribution is 0.144. The lowest BCUT2D eigenvalue weighted by Crippen LogP contribution is -2.48. The number of aliphatic hydroxyl groups excluding tert-OH is 1. The summed E-state index contributed by atoms with van der Waals surface area (Å²) in [5.74, 6) is 2.16. The van der Waals surface area contributed by atoms with E-state index in [1.165, 1.54) is 5.56 Å². The van der Waals surface area contributed by atoms with Gasteiger partial charge in [0.2, 0.25) is 0 Å². The number of rotatable bonds is 5. The molecule has 31 heavy (non-hydrogen) atoms. The lowest BCUT2D eigenvalue weighted by Gasteiger charge is -2.42. The summed E-state index contributed by atoms with van der Waals surface area (Å²) < 4.78 is 12.7. The number of anilines is 2. The minimum Gasteiger partial charge on any atom is -0.394 e. The molecule has 0 radical (unpaired) electrons. The van der Waals surface area contributed by atoms with E-state index in [0.717, 1.165) is 85.2 Å². The molecule has 1 saturated heterocycles. The van der Waals surface area contributed by atoms with Crippen LogP contribution in [0.4, 0.5) is 11.5 Å². The summed E-state index contributed by atoms with van der Waals surface area (Å²) in [5.41, 5.74) is 2.98. The van der Waals surface area contributed by atoms with Crippen LogP contribution in [0.25, 0.3) is 0 Å². The van der Waals surface area contributed by atoms with E-state index in [9.17, 15) is 9.32 Å². The summed E-state index contributed by atoms with van der Waals surface area (Å²) in [5, 5.41) is 14.3. The fourth-order valence-electron chi connectivity index (χ4n) is 5.15. The fraction of sp³-hybridized carbons (Fsp3) is 0.542. The van der Waals surface area contributed by atoms with E-state index in [0.29, 0.717) is 11.7 Å². The Kier molecular flexibility index (Phi) is 5.97. The highest BCUT2D eigenvalue weighted by Gasteiger charge is 2.38. The minimum absolute atomic E-state index is 0.110. The molecule has 5 nitrogen and oxygen atoms in total. The second-order valence-electron chi connectivity index (χ2n) is 9.19. The number of pyridine rings is 1. The molecule has 0 amide bonds. The molecule has 2 aromatic rings. The molecule has 0 spiro atoms. The SMILES string of the molecule is O=S1CCc2nc(N3CCCC(c4ccc(Cl)cc4)CC3)cc(NC3(CO)CCC3)c21. The summed E-state index contributed by atoms with van der Waals surface area (Å²) in [6, 6.07) is 10.4. The normalized spacial score (nSPS) is 24.9. The molecular weight excluding hydrogens is 430 g/mol. The monoisotopic (exact) mass is 459 g/mol. The molecule has 1 saturated carbocycles. The number of hydrogen-bond acceptors (Lipinski definition) is 5. The molecule has 1 aliphatic carbocycles. The van der Waals surface area contributed by atoms with Crippen molar-refractivity contribution >= 4 is 33.9 Å². The highest BCUT2D eigenvalue weighted by molar-refractivity contribution is 7.85. The summed E-state index contributed by atoms with van der Waals surface area (Å²) in [6.07, 6.45) is 7.14. The third-order valence-corrected chi connectivity index (χ3v) is 8.93. The molecule has 166 valence electrons. The van der Waals surface area contributed by atoms with Crippen LogP contribution in [0.1, 0.15) is 55.7 Å². The Labute approximate surface area is 191 Å². The largest absolute Gasteiger partial charge is 0.394 e. The van der Waals surface area contributed by atoms with Gasteiger partial charge in [-0.1, -0.05) is 23.7 Å². The first-order valence-electron chi connectivity index (χ1n) is 11.4. The molecule has 2 atom stereocenters. The quantitative estimate of drug-likeness (QED) is 0.689. The van der Waals surface area contributed by atoms with E-state index in [4.69, 9.17) is 16.6 Å². The number of nitrogens with one attached hydrogen (secondary N) is 1. The third kappa shape index (κ3) is 4.22. The molecule has 0 bridgehead atoms. The van der Waals surface area contributed by atoms with Crippen molar-refractivity contribution in [3.8, 4) is 0 Å². The van der Waals surface area contributed by atoms with Gasteiger partial charge in [0.05, 0.1) is 39.2 Å². The summed E-state index contributed by atoms with van der Waals surface area (Å²) >= 11 is 6.07. The standard InChI is InChI=1S/C24H30ClN3O2S/c25-19-6-4-18(5-7-19)17-3-1-12-28(13-8-17)22-15-21(27-24(16-29)10-2-11-24)23-20(26-22)9-14-31(23)30/h4-7,15,17,29H,1-3,8-14,16H2,(H,26,27). The van der Waals surface area contributed by atoms with Crippen molar-refractivity contribution in [3.63, 3.8) is 0 Å². The van der Waals surface area contributed by atoms with E-state index in [1.54, 1.807) is 0 Å². The molecule has 5 rings (SSSR count). The van der Waals surface area contributed by atoms with Gasteiger partial charge in [-0.25, -0.2) is 4.98 Å². The average molecular weight is 460 g/mol. The van der Waals surface area contributed by atoms with Gasteiger partial charge in [0.25, 0.3) is 0 Å². The maximum atomic E-state index is 12.7. The fourth-order valence-corrected chi connectivity index (χ4v) is 6.62. The summed E-state index contributed by atoms with van der Waals surface area (Å²) in [6.45, 7) is 2.04. The zero-order valence-corrected chi connectivity index (χ0v) is 19.4. The Hall–Kier alpha value is -1.63. The van der Waals surface area contributed by atoms with Crippen LogP contribution in [0.2, 0.25) is 5.02 Å². The molecule has 2 N–H and O–H groups in total. The number of nitrogens with zero attached hydrogens (tertiary/aromatic N) is 2. The number of fused-ring (bicyclic) bond motifs is 1. The molecule has 2 fully saturated rings. The van der Waals surface area contributed by atoms with Crippen LogP contribution < -0.4 is 10.2 Å². The van der Waals surface area contributed by atoms with Gasteiger partial charge in [-0.3, -0.25) is 4.21 Å². The van der Waals surface area contributed by atoms with Crippen molar-refractivity contribution < 1.29 is 9.32 Å². The van der Waals surface area contributed by atoms with Gasteiger partial charge in [0.15, 0.2) is 0 Å². The third-order valence-electron chi connectivity index (χ3n) is 7.19. The van der Waals surface area contributed by atoms with Crippen LogP contribution in [0.5, 0.6) is 0 Å². The molecule has 2 unspecified atom stereocenters. The van der Waals surface area contributed by atoms with Crippen molar-refractivity contribution in [1.82, 2.24) is 4.98 Å². The number of aromatic nitrogens is 1. The smallest absolute Gasteiger partial charge is 0.130 e. The number of halogens is 1. The van der Waals surface area contributed by atoms with Crippen molar-refractivity contribution in [3.05, 3.63) is 46.6 Å². The summed E-state index contributed by atoms with van der Waals surface area (Å²) in [4.78, 5) is 8.19. The highest BCUT2D eigenvalue weighted by atomic mass is 35.5. The second kappa shape index (κ2) is 8.72. The van der Waals surface area contributed by atoms with Crippen LogP contribution in [0.15, 0.2) is 35.2 Å². The summed E-state index contributed by atoms with van der Waals surface area (Å²) in [7, 11) is -1.01. The van der Waals surface area contributed by atoms with Gasteiger partial charge >= 0.3 is 0 Å². The molecule has 3 aliphatic rings. The Balaban J connectivity index is 1.39. The van der Waals surface area contributed by atoms with Crippen molar-refractivity contribution in [2.24, 2.45) is 0 Å². The first-order valence-corrected chi connectivity index (χ1v) is 13.1. The van der Waals surface area contributed by atoms with Crippen molar-refractivity contribution in [2.75, 3.05) is 35.7 Å². The molecule has 2 aliphatic heterocycles. The number of aryl methyl sites for hydroxylation is 1. The molecule has 1 aromatic heterocycles. The Morgan fingerprint density at radius 1 is 1.19 bits per heavy atom. The van der Waals surface area contributed by atoms with Crippen LogP contribution in [0.3, 0.4) is 0 Å². The molecule has 3 heterocycles. The minimum atomic E-state index is -1.01. The maximum absolute atomic E-state index is 12.7. The number of hydrogen-bond donors (Lipinski definition) is 2. The highest BCUT2D eigenvalue weighted by Crippen LogP contribution is 2.40. The van der Waals surface area contributed by atoms with Crippen LogP contribution >= 0.6 is 11.6 Å². The Bertz CT molecular complexity index is 972. The van der Waals surface area contributed by atoms with Gasteiger partial charge in [0, 0.05) is 36.4 Å². The first-order chi connectivity index (χ1) is 15.1. The lowest BCUT2D eigenvalue weighted by atomic mass is 9.77. The van der Waals surface area contributed by atoms with Gasteiger partial charge in [-0.2, -0.15) is 0 Å². The topological polar surface area (TPSA) is 65.5 Å². The number of benzene rings is 1. The Morgan fingerprint density at radius 2 is 2.00 bits per heavy atom. The molecule has 1 aromatic carbocycles. The van der Waals surface area contributed by atoms with E-state index < -0.39 is 10.8 Å². The molecule has 7 heteroatoms. The zero-order valence-electron chi connectivity index (χ0n) is 17.8. The average Bonchev–Trinajstić information content (AvgIpc) is 2.97. The Morgan fingerprint density at radius 3 is 2.71 bits per heavy atom. The van der Waals surface area contributed by atoms with Gasteiger partial charge in [-0.15, -0.1) is 0 Å². The van der Waals surface area contributed by atoms with Gasteiger partial charge in [0.1, 0.15) is 5.82 Å². The van der Waals surface area contributed by atoms with E-state index in [-0.39, 0.29) is 12.1 Å². The van der Waals surface area contributed by atoms with E-state index in [1.807, 2.05) is 12.1 Å². The van der Waals surface area contributed by atoms with E-state index in [2.05, 4.69) is 28.4 Å². The van der Waals surface area contributed by atoms with Crippen molar-refractivity contribution in [1.29, 1.82) is 0 Å².